The summed E-state index contributed by atoms with van der Waals surface area (Å²) in [5.74, 6) is -0.760. The number of imidazole rings is 1. The molecule has 2 N–H and O–H groups in total. The van der Waals surface area contributed by atoms with E-state index in [1.54, 1.807) is 19.2 Å². The molecule has 7 nitrogen and oxygen atoms in total. The molecule has 3 heterocycles. The Balaban J connectivity index is 1.72. The lowest BCUT2D eigenvalue weighted by atomic mass is 9.96. The van der Waals surface area contributed by atoms with Gasteiger partial charge in [-0.3, -0.25) is 14.5 Å². The number of aromatic nitrogens is 2. The van der Waals surface area contributed by atoms with Gasteiger partial charge < -0.3 is 14.8 Å². The second-order valence-electron chi connectivity index (χ2n) is 7.90. The van der Waals surface area contributed by atoms with Crippen LogP contribution in [0.2, 0.25) is 0 Å². The molecule has 1 aliphatic rings. The van der Waals surface area contributed by atoms with E-state index in [1.165, 1.54) is 16.2 Å². The van der Waals surface area contributed by atoms with Crippen LogP contribution >= 0.6 is 11.3 Å². The Morgan fingerprint density at radius 3 is 2.61 bits per heavy atom. The number of anilines is 1. The number of ether oxygens (including phenoxy) is 1. The third-order valence-corrected chi connectivity index (χ3v) is 6.78. The minimum absolute atomic E-state index is 0.0376. The number of fused-ring (bicyclic) bond motifs is 1. The van der Waals surface area contributed by atoms with Gasteiger partial charge in [-0.05, 0) is 60.7 Å². The Labute approximate surface area is 194 Å². The van der Waals surface area contributed by atoms with Gasteiger partial charge in [0.15, 0.2) is 0 Å². The summed E-state index contributed by atoms with van der Waals surface area (Å²) < 4.78 is 5.37. The Morgan fingerprint density at radius 2 is 1.91 bits per heavy atom. The van der Waals surface area contributed by atoms with Crippen molar-refractivity contribution in [1.29, 1.82) is 0 Å². The summed E-state index contributed by atoms with van der Waals surface area (Å²) >= 11 is 1.41. The summed E-state index contributed by atoms with van der Waals surface area (Å²) in [7, 11) is 1.58. The molecule has 2 aromatic heterocycles. The highest BCUT2D eigenvalue weighted by Gasteiger charge is 2.48. The molecule has 1 fully saturated rings. The number of carbonyl (C=O) groups excluding carboxylic acids is 2. The molecule has 4 aromatic rings. The number of ketones is 1. The van der Waals surface area contributed by atoms with Gasteiger partial charge in [-0.1, -0.05) is 18.2 Å². The van der Waals surface area contributed by atoms with Gasteiger partial charge in [-0.25, -0.2) is 4.98 Å². The number of aliphatic hydroxyl groups excluding tert-OH is 1. The average molecular weight is 460 g/mol. The van der Waals surface area contributed by atoms with E-state index in [-0.39, 0.29) is 17.3 Å². The normalized spacial score (nSPS) is 17.8. The van der Waals surface area contributed by atoms with Crippen molar-refractivity contribution in [3.05, 3.63) is 81.1 Å². The number of amides is 1. The molecule has 1 aliphatic heterocycles. The third kappa shape index (κ3) is 3.30. The molecule has 0 spiro atoms. The number of rotatable bonds is 4. The lowest BCUT2D eigenvalue weighted by molar-refractivity contribution is -0.132. The number of aryl methyl sites for hydroxylation is 2. The molecular weight excluding hydrogens is 438 g/mol. The van der Waals surface area contributed by atoms with Gasteiger partial charge in [0.05, 0.1) is 23.7 Å². The van der Waals surface area contributed by atoms with Crippen molar-refractivity contribution >= 4 is 45.8 Å². The maximum Gasteiger partial charge on any atom is 0.302 e. The van der Waals surface area contributed by atoms with Crippen molar-refractivity contribution in [3.63, 3.8) is 0 Å². The number of carbonyl (C=O) groups is 2. The van der Waals surface area contributed by atoms with Crippen LogP contribution in [0, 0.1) is 13.8 Å². The van der Waals surface area contributed by atoms with E-state index < -0.39 is 17.7 Å². The predicted molar refractivity (Wildman–Crippen MR) is 128 cm³/mol. The van der Waals surface area contributed by atoms with E-state index in [1.807, 2.05) is 55.6 Å². The summed E-state index contributed by atoms with van der Waals surface area (Å²) in [6.45, 7) is 3.69. The summed E-state index contributed by atoms with van der Waals surface area (Å²) in [6.07, 6.45) is 0. The summed E-state index contributed by atoms with van der Waals surface area (Å²) in [5, 5.41) is 13.2. The van der Waals surface area contributed by atoms with E-state index in [9.17, 15) is 14.7 Å². The topological polar surface area (TPSA) is 95.5 Å². The molecular formula is C25H21N3O4S. The SMILES string of the molecule is COc1cc(C)c(/C(O)=C2\C(=O)C(=O)N(c3nc4ccccc4[nH]3)C2c2cccs2)cc1C. The van der Waals surface area contributed by atoms with Crippen LogP contribution in [0.15, 0.2) is 59.5 Å². The van der Waals surface area contributed by atoms with E-state index >= 15 is 0 Å². The summed E-state index contributed by atoms with van der Waals surface area (Å²) in [5.41, 5.74) is 3.49. The zero-order valence-corrected chi connectivity index (χ0v) is 19.1. The lowest BCUT2D eigenvalue weighted by Crippen LogP contribution is -2.30. The molecule has 1 saturated heterocycles. The van der Waals surface area contributed by atoms with Crippen molar-refractivity contribution in [2.45, 2.75) is 19.9 Å². The molecule has 5 rings (SSSR count). The molecule has 33 heavy (non-hydrogen) atoms. The molecule has 0 bridgehead atoms. The van der Waals surface area contributed by atoms with Crippen molar-refractivity contribution < 1.29 is 19.4 Å². The number of aromatic amines is 1. The Kier molecular flexibility index (Phi) is 5.02. The first-order chi connectivity index (χ1) is 15.9. The fourth-order valence-corrected chi connectivity index (χ4v) is 5.05. The number of benzene rings is 2. The number of aliphatic hydroxyl groups is 1. The molecule has 1 atom stereocenters. The van der Waals surface area contributed by atoms with E-state index in [4.69, 9.17) is 4.74 Å². The number of hydrogen-bond donors (Lipinski definition) is 2. The van der Waals surface area contributed by atoms with Crippen LogP contribution in [-0.4, -0.2) is 33.9 Å². The van der Waals surface area contributed by atoms with Crippen LogP contribution in [0.25, 0.3) is 16.8 Å². The molecule has 0 radical (unpaired) electrons. The molecule has 0 aliphatic carbocycles. The largest absolute Gasteiger partial charge is 0.507 e. The van der Waals surface area contributed by atoms with Gasteiger partial charge in [-0.2, -0.15) is 0 Å². The zero-order valence-electron chi connectivity index (χ0n) is 18.2. The number of hydrogen-bond acceptors (Lipinski definition) is 6. The first-order valence-corrected chi connectivity index (χ1v) is 11.2. The minimum atomic E-state index is -0.799. The predicted octanol–water partition coefficient (Wildman–Crippen LogP) is 4.88. The van der Waals surface area contributed by atoms with Gasteiger partial charge in [-0.15, -0.1) is 11.3 Å². The van der Waals surface area contributed by atoms with Crippen molar-refractivity contribution in [2.75, 3.05) is 12.0 Å². The molecule has 8 heteroatoms. The van der Waals surface area contributed by atoms with Gasteiger partial charge in [0.1, 0.15) is 17.6 Å². The monoisotopic (exact) mass is 459 g/mol. The van der Waals surface area contributed by atoms with Crippen molar-refractivity contribution in [1.82, 2.24) is 9.97 Å². The van der Waals surface area contributed by atoms with Crippen LogP contribution in [0.1, 0.15) is 27.6 Å². The van der Waals surface area contributed by atoms with Gasteiger partial charge in [0.2, 0.25) is 5.95 Å². The Bertz CT molecular complexity index is 1400. The van der Waals surface area contributed by atoms with Gasteiger partial charge in [0, 0.05) is 10.4 Å². The van der Waals surface area contributed by atoms with Crippen molar-refractivity contribution in [3.8, 4) is 5.75 Å². The van der Waals surface area contributed by atoms with Crippen LogP contribution < -0.4 is 9.64 Å². The molecule has 166 valence electrons. The number of nitrogens with zero attached hydrogens (tertiary/aromatic N) is 2. The first kappa shape index (κ1) is 21.0. The quantitative estimate of drug-likeness (QED) is 0.258. The average Bonchev–Trinajstić information content (AvgIpc) is 3.53. The molecule has 1 unspecified atom stereocenters. The Hall–Kier alpha value is -3.91. The number of Topliss-reactive ketones (excluding diaryl/α,β-unsaturated/α-hetero) is 1. The molecule has 0 saturated carbocycles. The number of para-hydroxylation sites is 2. The van der Waals surface area contributed by atoms with Crippen molar-refractivity contribution in [2.24, 2.45) is 0 Å². The number of nitrogens with one attached hydrogen (secondary N) is 1. The maximum absolute atomic E-state index is 13.3. The Morgan fingerprint density at radius 1 is 1.12 bits per heavy atom. The molecule has 1 amide bonds. The minimum Gasteiger partial charge on any atom is -0.507 e. The van der Waals surface area contributed by atoms with Crippen LogP contribution in [0.3, 0.4) is 0 Å². The fraction of sp³-hybridized carbons (Fsp3) is 0.160. The van der Waals surface area contributed by atoms with E-state index in [0.29, 0.717) is 16.8 Å². The number of H-pyrrole nitrogens is 1. The number of thiophene rings is 1. The third-order valence-electron chi connectivity index (χ3n) is 5.86. The second kappa shape index (κ2) is 7.90. The van der Waals surface area contributed by atoms with Gasteiger partial charge >= 0.3 is 5.91 Å². The summed E-state index contributed by atoms with van der Waals surface area (Å²) in [4.78, 5) is 36.3. The van der Waals surface area contributed by atoms with E-state index in [0.717, 1.165) is 21.5 Å². The second-order valence-corrected chi connectivity index (χ2v) is 8.88. The van der Waals surface area contributed by atoms with Crippen LogP contribution in [0.5, 0.6) is 5.75 Å². The first-order valence-electron chi connectivity index (χ1n) is 10.4. The molecule has 2 aromatic carbocycles. The van der Waals surface area contributed by atoms with Crippen LogP contribution in [0.4, 0.5) is 5.95 Å². The summed E-state index contributed by atoms with van der Waals surface area (Å²) in [6, 6.07) is 13.9. The van der Waals surface area contributed by atoms with Crippen LogP contribution in [-0.2, 0) is 9.59 Å². The maximum atomic E-state index is 13.3. The smallest absolute Gasteiger partial charge is 0.302 e. The fourth-order valence-electron chi connectivity index (χ4n) is 4.23. The highest BCUT2D eigenvalue weighted by molar-refractivity contribution is 7.10. The van der Waals surface area contributed by atoms with E-state index in [2.05, 4.69) is 9.97 Å². The highest BCUT2D eigenvalue weighted by Crippen LogP contribution is 2.43. The zero-order chi connectivity index (χ0) is 23.3. The highest BCUT2D eigenvalue weighted by atomic mass is 32.1. The lowest BCUT2D eigenvalue weighted by Gasteiger charge is -2.22. The standard InChI is InChI=1S/C25H21N3O4S/c1-13-12-18(32-3)14(2)11-15(13)22(29)20-21(19-9-6-10-33-19)28(24(31)23(20)30)25-26-16-7-4-5-8-17(16)27-25/h4-12,21,29H,1-3H3,(H,26,27)/b22-20+. The number of methoxy groups -OCH3 is 1. The van der Waals surface area contributed by atoms with Gasteiger partial charge in [0.25, 0.3) is 5.78 Å².